The maximum Gasteiger partial charge on any atom is 0.320 e. The predicted octanol–water partition coefficient (Wildman–Crippen LogP) is -0.0781. The first kappa shape index (κ1) is 9.68. The van der Waals surface area contributed by atoms with Crippen molar-refractivity contribution in [1.29, 1.82) is 0 Å². The molecule has 0 saturated carbocycles. The summed E-state index contributed by atoms with van der Waals surface area (Å²) in [6.45, 7) is 0.586. The Labute approximate surface area is 64.5 Å². The topological polar surface area (TPSA) is 75.3 Å². The van der Waals surface area contributed by atoms with Gasteiger partial charge in [0.25, 0.3) is 0 Å². The lowest BCUT2D eigenvalue weighted by atomic mass is 10.2. The zero-order valence-electron chi connectivity index (χ0n) is 5.51. The fourth-order valence-corrected chi connectivity index (χ4v) is 0.646. The molecule has 0 rings (SSSR count). The van der Waals surface area contributed by atoms with Crippen molar-refractivity contribution in [2.24, 2.45) is 5.73 Å². The molecule has 0 spiro atoms. The monoisotopic (exact) mass is 166 g/mol. The number of carbonyl (C=O) groups is 1. The van der Waals surface area contributed by atoms with Gasteiger partial charge in [0.15, 0.2) is 0 Å². The van der Waals surface area contributed by atoms with Crippen LogP contribution in [0.4, 0.5) is 0 Å². The molecule has 0 aromatic carbocycles. The van der Waals surface area contributed by atoms with Crippen LogP contribution in [0.5, 0.6) is 0 Å². The summed E-state index contributed by atoms with van der Waals surface area (Å²) in [7, 11) is 0. The molecule has 0 fully saturated rings. The van der Waals surface area contributed by atoms with E-state index in [9.17, 15) is 4.79 Å². The highest BCUT2D eigenvalue weighted by Gasteiger charge is 2.09. The molecule has 0 aliphatic rings. The molecule has 5 heteroatoms. The predicted molar refractivity (Wildman–Crippen MR) is 38.7 cm³/mol. The molecule has 0 aromatic rings. The second-order valence-electron chi connectivity index (χ2n) is 1.97. The molecule has 4 N–H and O–H groups in total. The van der Waals surface area contributed by atoms with Gasteiger partial charge in [-0.25, -0.2) is 4.84 Å². The van der Waals surface area contributed by atoms with Gasteiger partial charge in [-0.15, -0.1) is 0 Å². The third kappa shape index (κ3) is 4.55. The van der Waals surface area contributed by atoms with Crippen molar-refractivity contribution in [1.82, 2.24) is 4.84 Å². The van der Waals surface area contributed by atoms with Crippen LogP contribution in [0.15, 0.2) is 0 Å². The largest absolute Gasteiger partial charge is 0.480 e. The van der Waals surface area contributed by atoms with Crippen molar-refractivity contribution in [3.8, 4) is 0 Å². The van der Waals surface area contributed by atoms with Gasteiger partial charge in [0, 0.05) is 6.54 Å². The Kier molecular flexibility index (Phi) is 5.29. The summed E-state index contributed by atoms with van der Waals surface area (Å²) in [5.41, 5.74) is 5.19. The first-order valence-electron chi connectivity index (χ1n) is 3.00. The first-order valence-corrected chi connectivity index (χ1v) is 3.38. The molecule has 0 heterocycles. The Hall–Kier alpha value is -0.320. The van der Waals surface area contributed by atoms with E-state index in [0.717, 1.165) is 0 Å². The molecule has 0 saturated heterocycles. The number of aliphatic carboxylic acids is 1. The van der Waals surface area contributed by atoms with Crippen molar-refractivity contribution in [2.45, 2.75) is 18.9 Å². The Morgan fingerprint density at radius 3 is 2.80 bits per heavy atom. The van der Waals surface area contributed by atoms with Crippen LogP contribution in [0.2, 0.25) is 0 Å². The van der Waals surface area contributed by atoms with Crippen LogP contribution >= 0.6 is 11.8 Å². The normalized spacial score (nSPS) is 13.0. The van der Waals surface area contributed by atoms with Gasteiger partial charge < -0.3 is 10.8 Å². The van der Waals surface area contributed by atoms with Crippen LogP contribution < -0.4 is 10.6 Å². The summed E-state index contributed by atoms with van der Waals surface area (Å²) >= 11 is 5.13. The van der Waals surface area contributed by atoms with Crippen LogP contribution in [0.3, 0.4) is 0 Å². The number of nitrogens with one attached hydrogen (secondary N) is 1. The van der Waals surface area contributed by atoms with Crippen LogP contribution in [0, 0.1) is 0 Å². The van der Waals surface area contributed by atoms with E-state index in [0.29, 0.717) is 19.4 Å². The number of halogens is 1. The average molecular weight is 167 g/mol. The first-order chi connectivity index (χ1) is 4.68. The molecule has 0 bridgehead atoms. The van der Waals surface area contributed by atoms with Crippen LogP contribution in [0.25, 0.3) is 0 Å². The summed E-state index contributed by atoms with van der Waals surface area (Å²) in [5, 5.41) is 8.30. The fraction of sp³-hybridized carbons (Fsp3) is 0.800. The Balaban J connectivity index is 3.21. The molecule has 0 aromatic heterocycles. The highest BCUT2D eigenvalue weighted by molar-refractivity contribution is 6.13. The van der Waals surface area contributed by atoms with E-state index in [-0.39, 0.29) is 0 Å². The number of rotatable bonds is 5. The van der Waals surface area contributed by atoms with Gasteiger partial charge in [-0.1, -0.05) is 0 Å². The molecule has 0 aliphatic heterocycles. The van der Waals surface area contributed by atoms with Crippen LogP contribution in [-0.2, 0) is 4.79 Å². The van der Waals surface area contributed by atoms with E-state index in [1.165, 1.54) is 0 Å². The average Bonchev–Trinajstić information content (AvgIpc) is 1.88. The third-order valence-electron chi connectivity index (χ3n) is 1.10. The lowest BCUT2D eigenvalue weighted by Gasteiger charge is -2.03. The Morgan fingerprint density at radius 2 is 2.40 bits per heavy atom. The summed E-state index contributed by atoms with van der Waals surface area (Å²) in [5.74, 6) is -0.963. The quantitative estimate of drug-likeness (QED) is 0.395. The van der Waals surface area contributed by atoms with Gasteiger partial charge in [-0.3, -0.25) is 4.79 Å². The molecule has 1 unspecified atom stereocenters. The van der Waals surface area contributed by atoms with E-state index in [1.54, 1.807) is 0 Å². The second-order valence-corrected chi connectivity index (χ2v) is 2.24. The summed E-state index contributed by atoms with van der Waals surface area (Å²) in [6, 6.07) is -0.759. The van der Waals surface area contributed by atoms with Crippen molar-refractivity contribution in [2.75, 3.05) is 6.54 Å². The van der Waals surface area contributed by atoms with Crippen molar-refractivity contribution in [3.05, 3.63) is 0 Å². The fourth-order valence-electron chi connectivity index (χ4n) is 0.512. The standard InChI is InChI=1S/C5H11ClN2O2/c6-8-3-1-2-4(7)5(9)10/h4,8H,1-3,7H2,(H,9,10). The van der Waals surface area contributed by atoms with Crippen LogP contribution in [0.1, 0.15) is 12.8 Å². The van der Waals surface area contributed by atoms with E-state index in [4.69, 9.17) is 22.6 Å². The van der Waals surface area contributed by atoms with Gasteiger partial charge in [0.1, 0.15) is 6.04 Å². The third-order valence-corrected chi connectivity index (χ3v) is 1.29. The molecule has 0 amide bonds. The zero-order chi connectivity index (χ0) is 7.98. The zero-order valence-corrected chi connectivity index (χ0v) is 6.27. The lowest BCUT2D eigenvalue weighted by Crippen LogP contribution is -2.30. The number of hydrogen-bond acceptors (Lipinski definition) is 3. The number of carboxylic acid groups (broad SMARTS) is 1. The number of carboxylic acids is 1. The molecular weight excluding hydrogens is 156 g/mol. The van der Waals surface area contributed by atoms with E-state index >= 15 is 0 Å². The van der Waals surface area contributed by atoms with Crippen molar-refractivity contribution >= 4 is 17.7 Å². The second kappa shape index (κ2) is 5.46. The van der Waals surface area contributed by atoms with Crippen molar-refractivity contribution < 1.29 is 9.90 Å². The molecule has 1 atom stereocenters. The highest BCUT2D eigenvalue weighted by atomic mass is 35.5. The summed E-state index contributed by atoms with van der Waals surface area (Å²) in [4.78, 5) is 12.5. The Bertz CT molecular complexity index is 110. The summed E-state index contributed by atoms with van der Waals surface area (Å²) in [6.07, 6.45) is 1.13. The Morgan fingerprint density at radius 1 is 1.80 bits per heavy atom. The molecule has 0 radical (unpaired) electrons. The van der Waals surface area contributed by atoms with Gasteiger partial charge in [-0.05, 0) is 24.6 Å². The minimum absolute atomic E-state index is 0.453. The molecule has 4 nitrogen and oxygen atoms in total. The lowest BCUT2D eigenvalue weighted by molar-refractivity contribution is -0.138. The van der Waals surface area contributed by atoms with E-state index in [1.807, 2.05) is 0 Å². The van der Waals surface area contributed by atoms with Gasteiger partial charge >= 0.3 is 5.97 Å². The van der Waals surface area contributed by atoms with E-state index in [2.05, 4.69) is 4.84 Å². The van der Waals surface area contributed by atoms with Crippen molar-refractivity contribution in [3.63, 3.8) is 0 Å². The molecule has 0 aliphatic carbocycles. The molecule has 10 heavy (non-hydrogen) atoms. The number of nitrogens with two attached hydrogens (primary N) is 1. The minimum atomic E-state index is -0.963. The van der Waals surface area contributed by atoms with Gasteiger partial charge in [0.05, 0.1) is 0 Å². The highest BCUT2D eigenvalue weighted by Crippen LogP contribution is 1.92. The van der Waals surface area contributed by atoms with Crippen LogP contribution in [-0.4, -0.2) is 23.7 Å². The molecular formula is C5H11ClN2O2. The molecule has 60 valence electrons. The minimum Gasteiger partial charge on any atom is -0.480 e. The SMILES string of the molecule is NC(CCCNCl)C(=O)O. The maximum absolute atomic E-state index is 10.1. The smallest absolute Gasteiger partial charge is 0.320 e. The summed E-state index contributed by atoms with van der Waals surface area (Å²) < 4.78 is 0. The van der Waals surface area contributed by atoms with Gasteiger partial charge in [0.2, 0.25) is 0 Å². The number of hydrogen-bond donors (Lipinski definition) is 3. The maximum atomic E-state index is 10.1. The van der Waals surface area contributed by atoms with Gasteiger partial charge in [-0.2, -0.15) is 0 Å². The van der Waals surface area contributed by atoms with E-state index < -0.39 is 12.0 Å².